The largest absolute Gasteiger partial charge is 0.543 e. The fraction of sp³-hybridized carbons (Fsp3) is 0.238. The van der Waals surface area contributed by atoms with Crippen LogP contribution in [0.25, 0.3) is 6.08 Å². The Morgan fingerprint density at radius 1 is 0.966 bits per heavy atom. The number of carbonyl (C=O) groups is 2. The zero-order valence-electron chi connectivity index (χ0n) is 16.9. The fourth-order valence-corrected chi connectivity index (χ4v) is 2.59. The number of anilines is 1. The predicted molar refractivity (Wildman–Crippen MR) is 107 cm³/mol. The maximum absolute atomic E-state index is 12.6. The Morgan fingerprint density at radius 2 is 1.52 bits per heavy atom. The molecule has 0 aliphatic rings. The van der Waals surface area contributed by atoms with Crippen molar-refractivity contribution >= 4 is 23.6 Å². The molecule has 1 N–H and O–H groups in total. The maximum atomic E-state index is 12.6. The number of carboxylic acids is 1. The summed E-state index contributed by atoms with van der Waals surface area (Å²) in [7, 11) is 8.08. The van der Waals surface area contributed by atoms with E-state index in [1.165, 1.54) is 39.5 Å². The van der Waals surface area contributed by atoms with Crippen LogP contribution in [-0.4, -0.2) is 47.3 Å². The van der Waals surface area contributed by atoms with Crippen molar-refractivity contribution in [3.63, 3.8) is 0 Å². The summed E-state index contributed by atoms with van der Waals surface area (Å²) in [6.07, 6.45) is 1.32. The third-order valence-corrected chi connectivity index (χ3v) is 4.12. The average molecular weight is 399 g/mol. The lowest BCUT2D eigenvalue weighted by atomic mass is 10.1. The van der Waals surface area contributed by atoms with Crippen molar-refractivity contribution in [3.8, 4) is 17.2 Å². The van der Waals surface area contributed by atoms with Gasteiger partial charge in [0.1, 0.15) is 0 Å². The number of ether oxygens (including phenoxy) is 3. The quantitative estimate of drug-likeness (QED) is 0.668. The van der Waals surface area contributed by atoms with E-state index in [4.69, 9.17) is 14.2 Å². The van der Waals surface area contributed by atoms with Gasteiger partial charge in [0, 0.05) is 25.3 Å². The number of carbonyl (C=O) groups excluding carboxylic acids is 2. The van der Waals surface area contributed by atoms with E-state index < -0.39 is 11.9 Å². The molecular formula is C21H23N2O6-. The van der Waals surface area contributed by atoms with E-state index in [-0.39, 0.29) is 22.8 Å². The Labute approximate surface area is 169 Å². The van der Waals surface area contributed by atoms with Crippen molar-refractivity contribution in [3.05, 3.63) is 53.2 Å². The number of benzene rings is 2. The standard InChI is InChI=1S/C21H24N2O6/c1-23(2)15-8-6-13(7-9-15)10-16(21(25)26)22-20(24)14-11-17(27-3)19(29-5)18(12-14)28-4/h6-12H,1-5H3,(H,22,24)(H,25,26)/p-1/b16-10+. The third kappa shape index (κ3) is 5.19. The van der Waals surface area contributed by atoms with Crippen LogP contribution < -0.4 is 29.5 Å². The molecule has 0 aliphatic carbocycles. The number of methoxy groups -OCH3 is 3. The summed E-state index contributed by atoms with van der Waals surface area (Å²) in [5.41, 5.74) is 1.31. The summed E-state index contributed by atoms with van der Waals surface area (Å²) >= 11 is 0. The van der Waals surface area contributed by atoms with Gasteiger partial charge in [0.05, 0.1) is 33.0 Å². The Kier molecular flexibility index (Phi) is 7.08. The van der Waals surface area contributed by atoms with E-state index >= 15 is 0 Å². The van der Waals surface area contributed by atoms with Gasteiger partial charge in [-0.3, -0.25) is 4.79 Å². The highest BCUT2D eigenvalue weighted by Crippen LogP contribution is 2.38. The highest BCUT2D eigenvalue weighted by molar-refractivity contribution is 6.02. The minimum absolute atomic E-state index is 0.134. The van der Waals surface area contributed by atoms with Gasteiger partial charge in [-0.1, -0.05) is 12.1 Å². The minimum atomic E-state index is -1.51. The molecule has 0 bridgehead atoms. The lowest BCUT2D eigenvalue weighted by molar-refractivity contribution is -0.299. The fourth-order valence-electron chi connectivity index (χ4n) is 2.59. The number of amides is 1. The van der Waals surface area contributed by atoms with E-state index in [1.807, 2.05) is 31.1 Å². The topological polar surface area (TPSA) is 100 Å². The second kappa shape index (κ2) is 9.50. The number of rotatable bonds is 8. The number of nitrogens with zero attached hydrogens (tertiary/aromatic N) is 1. The molecule has 0 radical (unpaired) electrons. The molecule has 8 nitrogen and oxygen atoms in total. The molecule has 0 aliphatic heterocycles. The van der Waals surface area contributed by atoms with E-state index in [0.717, 1.165) is 5.69 Å². The highest BCUT2D eigenvalue weighted by atomic mass is 16.5. The minimum Gasteiger partial charge on any atom is -0.543 e. The first-order valence-corrected chi connectivity index (χ1v) is 8.62. The summed E-state index contributed by atoms with van der Waals surface area (Å²) in [6, 6.07) is 10.00. The number of hydrogen-bond donors (Lipinski definition) is 1. The molecular weight excluding hydrogens is 376 g/mol. The number of carboxylic acid groups (broad SMARTS) is 1. The first kappa shape index (κ1) is 21.6. The smallest absolute Gasteiger partial charge is 0.255 e. The molecule has 29 heavy (non-hydrogen) atoms. The molecule has 0 saturated heterocycles. The van der Waals surface area contributed by atoms with Gasteiger partial charge >= 0.3 is 0 Å². The van der Waals surface area contributed by atoms with E-state index in [2.05, 4.69) is 5.32 Å². The molecule has 0 saturated carbocycles. The molecule has 0 fully saturated rings. The Morgan fingerprint density at radius 3 is 1.93 bits per heavy atom. The maximum Gasteiger partial charge on any atom is 0.255 e. The summed E-state index contributed by atoms with van der Waals surface area (Å²) < 4.78 is 15.6. The van der Waals surface area contributed by atoms with Crippen molar-refractivity contribution in [2.24, 2.45) is 0 Å². The third-order valence-electron chi connectivity index (χ3n) is 4.12. The van der Waals surface area contributed by atoms with Crippen LogP contribution in [0.4, 0.5) is 5.69 Å². The van der Waals surface area contributed by atoms with Crippen LogP contribution in [0.5, 0.6) is 17.2 Å². The van der Waals surface area contributed by atoms with Crippen molar-refractivity contribution in [2.75, 3.05) is 40.3 Å². The predicted octanol–water partition coefficient (Wildman–Crippen LogP) is 1.30. The molecule has 0 aromatic heterocycles. The summed E-state index contributed by atoms with van der Waals surface area (Å²) in [5, 5.41) is 13.9. The zero-order valence-corrected chi connectivity index (χ0v) is 16.9. The van der Waals surface area contributed by atoms with Crippen LogP contribution in [-0.2, 0) is 4.79 Å². The van der Waals surface area contributed by atoms with E-state index in [0.29, 0.717) is 11.3 Å². The van der Waals surface area contributed by atoms with Gasteiger partial charge in [0.2, 0.25) is 5.75 Å². The molecule has 2 rings (SSSR count). The zero-order chi connectivity index (χ0) is 21.6. The normalized spacial score (nSPS) is 10.9. The number of aliphatic carboxylic acids is 1. The Hall–Kier alpha value is -3.68. The molecule has 8 heteroatoms. The van der Waals surface area contributed by atoms with Gasteiger partial charge in [-0.15, -0.1) is 0 Å². The molecule has 1 amide bonds. The summed E-state index contributed by atoms with van der Waals surface area (Å²) in [4.78, 5) is 26.1. The second-order valence-corrected chi connectivity index (χ2v) is 6.20. The first-order valence-electron chi connectivity index (χ1n) is 8.62. The van der Waals surface area contributed by atoms with Crippen LogP contribution in [0.15, 0.2) is 42.1 Å². The molecule has 0 heterocycles. The summed E-state index contributed by atoms with van der Waals surface area (Å²) in [5.74, 6) is -1.30. The van der Waals surface area contributed by atoms with Crippen molar-refractivity contribution in [2.45, 2.75) is 0 Å². The average Bonchev–Trinajstić information content (AvgIpc) is 2.72. The van der Waals surface area contributed by atoms with Gasteiger partial charge in [0.15, 0.2) is 11.5 Å². The lowest BCUT2D eigenvalue weighted by Gasteiger charge is -2.15. The molecule has 0 atom stereocenters. The SMILES string of the molecule is COc1cc(C(=O)N/C(=C/c2ccc(N(C)C)cc2)C(=O)[O-])cc(OC)c1OC. The monoisotopic (exact) mass is 399 g/mol. The van der Waals surface area contributed by atoms with E-state index in [9.17, 15) is 14.7 Å². The highest BCUT2D eigenvalue weighted by Gasteiger charge is 2.18. The van der Waals surface area contributed by atoms with E-state index in [1.54, 1.807) is 12.1 Å². The van der Waals surface area contributed by atoms with Gasteiger partial charge < -0.3 is 34.3 Å². The number of hydrogen-bond acceptors (Lipinski definition) is 7. The van der Waals surface area contributed by atoms with Gasteiger partial charge in [-0.25, -0.2) is 0 Å². The summed E-state index contributed by atoms with van der Waals surface area (Å²) in [6.45, 7) is 0. The van der Waals surface area contributed by atoms with Gasteiger partial charge in [0.25, 0.3) is 5.91 Å². The first-order chi connectivity index (χ1) is 13.8. The van der Waals surface area contributed by atoms with Crippen molar-refractivity contribution < 1.29 is 28.9 Å². The van der Waals surface area contributed by atoms with Crippen molar-refractivity contribution in [1.29, 1.82) is 0 Å². The van der Waals surface area contributed by atoms with Crippen molar-refractivity contribution in [1.82, 2.24) is 5.32 Å². The van der Waals surface area contributed by atoms with Gasteiger partial charge in [-0.2, -0.15) is 0 Å². The molecule has 0 unspecified atom stereocenters. The van der Waals surface area contributed by atoms with Gasteiger partial charge in [-0.05, 0) is 35.9 Å². The van der Waals surface area contributed by atoms with Crippen LogP contribution in [0.3, 0.4) is 0 Å². The number of nitrogens with one attached hydrogen (secondary N) is 1. The Bertz CT molecular complexity index is 894. The Balaban J connectivity index is 2.33. The lowest BCUT2D eigenvalue weighted by Crippen LogP contribution is -2.35. The van der Waals surface area contributed by atoms with Crippen LogP contribution in [0.2, 0.25) is 0 Å². The van der Waals surface area contributed by atoms with Crippen LogP contribution in [0, 0.1) is 0 Å². The van der Waals surface area contributed by atoms with Crippen LogP contribution >= 0.6 is 0 Å². The molecule has 2 aromatic carbocycles. The molecule has 0 spiro atoms. The molecule has 154 valence electrons. The van der Waals surface area contributed by atoms with Crippen LogP contribution in [0.1, 0.15) is 15.9 Å². The molecule has 2 aromatic rings. The second-order valence-electron chi connectivity index (χ2n) is 6.20.